The number of hydrogen-bond donors (Lipinski definition) is 1. The Kier molecular flexibility index (Phi) is 7.15. The Morgan fingerprint density at radius 2 is 1.97 bits per heavy atom. The topological polar surface area (TPSA) is 106 Å². The summed E-state index contributed by atoms with van der Waals surface area (Å²) in [5.74, 6) is 0.524. The molecule has 34 heavy (non-hydrogen) atoms. The fourth-order valence-corrected chi connectivity index (χ4v) is 4.08. The Morgan fingerprint density at radius 3 is 2.62 bits per heavy atom. The molecule has 0 radical (unpaired) electrons. The predicted molar refractivity (Wildman–Crippen MR) is 132 cm³/mol. The first-order valence-corrected chi connectivity index (χ1v) is 11.4. The highest BCUT2D eigenvalue weighted by Gasteiger charge is 2.20. The maximum Gasteiger partial charge on any atom is 0.407 e. The average Bonchev–Trinajstić information content (AvgIpc) is 2.73. The summed E-state index contributed by atoms with van der Waals surface area (Å²) in [6.45, 7) is 11.5. The van der Waals surface area contributed by atoms with Crippen LogP contribution in [0.4, 0.5) is 4.79 Å². The van der Waals surface area contributed by atoms with Crippen molar-refractivity contribution in [1.82, 2.24) is 14.9 Å². The molecule has 2 atom stereocenters. The molecule has 0 spiro atoms. The molecule has 2 unspecified atom stereocenters. The van der Waals surface area contributed by atoms with Crippen molar-refractivity contribution in [2.24, 2.45) is 13.0 Å². The van der Waals surface area contributed by atoms with Crippen LogP contribution in [0.3, 0.4) is 0 Å². The molecular formula is C26H32N4O4. The van der Waals surface area contributed by atoms with Crippen molar-refractivity contribution in [2.45, 2.75) is 59.6 Å². The van der Waals surface area contributed by atoms with Crippen LogP contribution in [0, 0.1) is 24.2 Å². The van der Waals surface area contributed by atoms with Gasteiger partial charge in [0.2, 0.25) is 0 Å². The van der Waals surface area contributed by atoms with E-state index in [9.17, 15) is 14.9 Å². The SMILES string of the molecule is Cc1nccc2c1c(=O)n(C)c1cc(OCC(C)CC(C)NC(=O)OC(C)(C)C)c(C#N)cc21. The zero-order valence-electron chi connectivity index (χ0n) is 20.9. The van der Waals surface area contributed by atoms with Gasteiger partial charge in [-0.1, -0.05) is 6.92 Å². The number of aryl methyl sites for hydroxylation is 2. The van der Waals surface area contributed by atoms with E-state index >= 15 is 0 Å². The van der Waals surface area contributed by atoms with Gasteiger partial charge in [0.05, 0.1) is 28.8 Å². The summed E-state index contributed by atoms with van der Waals surface area (Å²) in [6.07, 6.45) is 1.89. The van der Waals surface area contributed by atoms with Gasteiger partial charge >= 0.3 is 6.09 Å². The molecule has 0 saturated carbocycles. The van der Waals surface area contributed by atoms with E-state index in [1.165, 1.54) is 0 Å². The van der Waals surface area contributed by atoms with Crippen molar-refractivity contribution in [3.63, 3.8) is 0 Å². The van der Waals surface area contributed by atoms with Gasteiger partial charge in [-0.05, 0) is 64.5 Å². The minimum Gasteiger partial charge on any atom is -0.492 e. The van der Waals surface area contributed by atoms with Gasteiger partial charge < -0.3 is 19.4 Å². The fraction of sp³-hybridized carbons (Fsp3) is 0.462. The van der Waals surface area contributed by atoms with Gasteiger partial charge in [0.25, 0.3) is 5.56 Å². The smallest absolute Gasteiger partial charge is 0.407 e. The molecule has 0 fully saturated rings. The number of nitrogens with zero attached hydrogens (tertiary/aromatic N) is 3. The van der Waals surface area contributed by atoms with Crippen molar-refractivity contribution >= 4 is 27.8 Å². The minimum atomic E-state index is -0.553. The highest BCUT2D eigenvalue weighted by atomic mass is 16.6. The lowest BCUT2D eigenvalue weighted by Gasteiger charge is -2.23. The summed E-state index contributed by atoms with van der Waals surface area (Å²) >= 11 is 0. The summed E-state index contributed by atoms with van der Waals surface area (Å²) in [7, 11) is 1.71. The molecular weight excluding hydrogens is 432 g/mol. The molecule has 0 bridgehead atoms. The number of fused-ring (bicyclic) bond motifs is 3. The first kappa shape index (κ1) is 25.0. The van der Waals surface area contributed by atoms with E-state index in [4.69, 9.17) is 9.47 Å². The van der Waals surface area contributed by atoms with E-state index in [1.54, 1.807) is 42.9 Å². The summed E-state index contributed by atoms with van der Waals surface area (Å²) in [5, 5.41) is 14.7. The van der Waals surface area contributed by atoms with Crippen LogP contribution in [0.15, 0.2) is 29.2 Å². The second kappa shape index (κ2) is 9.72. The van der Waals surface area contributed by atoms with Gasteiger partial charge in [-0.25, -0.2) is 4.79 Å². The molecule has 0 aliphatic heterocycles. The van der Waals surface area contributed by atoms with E-state index in [0.717, 1.165) is 10.8 Å². The normalized spacial score (nSPS) is 13.4. The monoisotopic (exact) mass is 464 g/mol. The van der Waals surface area contributed by atoms with Crippen LogP contribution in [0.1, 0.15) is 52.3 Å². The number of benzene rings is 1. The third-order valence-corrected chi connectivity index (χ3v) is 5.57. The third-order valence-electron chi connectivity index (χ3n) is 5.57. The number of amides is 1. The Morgan fingerprint density at radius 1 is 1.26 bits per heavy atom. The van der Waals surface area contributed by atoms with Crippen molar-refractivity contribution in [3.8, 4) is 11.8 Å². The number of carbonyl (C=O) groups is 1. The Bertz CT molecular complexity index is 1330. The summed E-state index contributed by atoms with van der Waals surface area (Å²) in [4.78, 5) is 29.2. The molecule has 3 rings (SSSR count). The van der Waals surface area contributed by atoms with Crippen LogP contribution in [0.5, 0.6) is 5.75 Å². The van der Waals surface area contributed by atoms with Gasteiger partial charge in [-0.2, -0.15) is 5.26 Å². The number of nitriles is 1. The highest BCUT2D eigenvalue weighted by Crippen LogP contribution is 2.30. The minimum absolute atomic E-state index is 0.0984. The van der Waals surface area contributed by atoms with Gasteiger partial charge in [0, 0.05) is 30.7 Å². The van der Waals surface area contributed by atoms with Gasteiger partial charge in [-0.15, -0.1) is 0 Å². The van der Waals surface area contributed by atoms with Crippen LogP contribution in [-0.2, 0) is 11.8 Å². The average molecular weight is 465 g/mol. The lowest BCUT2D eigenvalue weighted by Crippen LogP contribution is -2.38. The molecule has 8 nitrogen and oxygen atoms in total. The van der Waals surface area contributed by atoms with E-state index in [0.29, 0.717) is 40.9 Å². The van der Waals surface area contributed by atoms with Crippen molar-refractivity contribution in [1.29, 1.82) is 5.26 Å². The molecule has 1 aromatic carbocycles. The maximum atomic E-state index is 13.0. The first-order valence-electron chi connectivity index (χ1n) is 11.4. The molecule has 0 aliphatic rings. The number of alkyl carbamates (subject to hydrolysis) is 1. The highest BCUT2D eigenvalue weighted by molar-refractivity contribution is 6.07. The van der Waals surface area contributed by atoms with E-state index in [-0.39, 0.29) is 17.5 Å². The second-order valence-electron chi connectivity index (χ2n) is 9.86. The Labute approximate surface area is 199 Å². The lowest BCUT2D eigenvalue weighted by atomic mass is 10.0. The zero-order valence-corrected chi connectivity index (χ0v) is 20.9. The first-order chi connectivity index (χ1) is 15.9. The summed E-state index contributed by atoms with van der Waals surface area (Å²) in [6, 6.07) is 7.42. The Balaban J connectivity index is 1.81. The second-order valence-corrected chi connectivity index (χ2v) is 9.86. The molecule has 8 heteroatoms. The number of ether oxygens (including phenoxy) is 2. The van der Waals surface area contributed by atoms with E-state index in [2.05, 4.69) is 16.4 Å². The van der Waals surface area contributed by atoms with Crippen molar-refractivity contribution in [2.75, 3.05) is 6.61 Å². The zero-order chi connectivity index (χ0) is 25.2. The molecule has 1 amide bonds. The maximum absolute atomic E-state index is 13.0. The Hall–Kier alpha value is -3.60. The molecule has 1 N–H and O–H groups in total. The van der Waals surface area contributed by atoms with Crippen LogP contribution in [0.25, 0.3) is 21.7 Å². The molecule has 2 heterocycles. The molecule has 180 valence electrons. The molecule has 0 aliphatic carbocycles. The number of carbonyl (C=O) groups excluding carboxylic acids is 1. The van der Waals surface area contributed by atoms with E-state index < -0.39 is 11.7 Å². The van der Waals surface area contributed by atoms with Gasteiger partial charge in [-0.3, -0.25) is 9.78 Å². The van der Waals surface area contributed by atoms with Crippen molar-refractivity contribution < 1.29 is 14.3 Å². The lowest BCUT2D eigenvalue weighted by molar-refractivity contribution is 0.0500. The summed E-state index contributed by atoms with van der Waals surface area (Å²) in [5.41, 5.74) is 1.04. The molecule has 2 aromatic heterocycles. The largest absolute Gasteiger partial charge is 0.492 e. The standard InChI is InChI=1S/C26H32N4O4/c1-15(10-16(2)29-25(32)34-26(4,5)6)14-33-22-12-21-20(11-18(22)13-27)19-8-9-28-17(3)23(19)24(31)30(21)7/h8-9,11-12,15-16H,10,14H2,1-7H3,(H,29,32). The predicted octanol–water partition coefficient (Wildman–Crippen LogP) is 4.59. The number of hydrogen-bond acceptors (Lipinski definition) is 6. The number of pyridine rings is 2. The molecule has 0 saturated heterocycles. The number of rotatable bonds is 6. The van der Waals surface area contributed by atoms with E-state index in [1.807, 2.05) is 34.6 Å². The number of nitrogens with one attached hydrogen (secondary N) is 1. The third kappa shape index (κ3) is 5.48. The molecule has 3 aromatic rings. The quantitative estimate of drug-likeness (QED) is 0.535. The van der Waals surface area contributed by atoms with Gasteiger partial charge in [0.15, 0.2) is 0 Å². The number of aromatic nitrogens is 2. The van der Waals surface area contributed by atoms with Gasteiger partial charge in [0.1, 0.15) is 17.4 Å². The summed E-state index contributed by atoms with van der Waals surface area (Å²) < 4.78 is 12.9. The van der Waals surface area contributed by atoms with Crippen LogP contribution >= 0.6 is 0 Å². The van der Waals surface area contributed by atoms with Crippen LogP contribution in [0.2, 0.25) is 0 Å². The van der Waals surface area contributed by atoms with Crippen molar-refractivity contribution in [3.05, 3.63) is 46.0 Å². The van der Waals surface area contributed by atoms with Crippen LogP contribution < -0.4 is 15.6 Å². The van der Waals surface area contributed by atoms with Crippen LogP contribution in [-0.4, -0.2) is 33.9 Å². The fourth-order valence-electron chi connectivity index (χ4n) is 4.08.